The number of nitrogen functional groups attached to an aromatic ring is 1. The van der Waals surface area contributed by atoms with Crippen molar-refractivity contribution in [1.82, 2.24) is 9.80 Å². The average molecular weight is 402 g/mol. The first-order valence-corrected chi connectivity index (χ1v) is 8.78. The number of nitro benzene ring substituents is 1. The Morgan fingerprint density at radius 3 is 2.14 bits per heavy atom. The van der Waals surface area contributed by atoms with Gasteiger partial charge in [-0.25, -0.2) is 4.39 Å². The molecule has 0 atom stereocenters. The van der Waals surface area contributed by atoms with Gasteiger partial charge < -0.3 is 20.3 Å². The van der Waals surface area contributed by atoms with Crippen LogP contribution in [0.5, 0.6) is 5.75 Å². The molecule has 2 aromatic carbocycles. The van der Waals surface area contributed by atoms with E-state index in [4.69, 9.17) is 10.5 Å². The number of piperazine rings is 1. The Kier molecular flexibility index (Phi) is 5.62. The Labute approximate surface area is 165 Å². The molecule has 3 rings (SSSR count). The molecule has 1 fully saturated rings. The van der Waals surface area contributed by atoms with Crippen LogP contribution in [0, 0.1) is 15.9 Å². The largest absolute Gasteiger partial charge is 0.497 e. The molecule has 1 heterocycles. The summed E-state index contributed by atoms with van der Waals surface area (Å²) in [6.07, 6.45) is 0. The molecule has 9 nitrogen and oxygen atoms in total. The van der Waals surface area contributed by atoms with Crippen molar-refractivity contribution in [3.63, 3.8) is 0 Å². The third-order valence-corrected chi connectivity index (χ3v) is 4.74. The van der Waals surface area contributed by atoms with Gasteiger partial charge in [0.15, 0.2) is 0 Å². The molecular formula is C19H19FN4O5. The molecule has 0 aliphatic carbocycles. The first-order valence-electron chi connectivity index (χ1n) is 8.78. The van der Waals surface area contributed by atoms with E-state index < -0.39 is 22.3 Å². The highest BCUT2D eigenvalue weighted by molar-refractivity contribution is 6.01. The van der Waals surface area contributed by atoms with Crippen molar-refractivity contribution in [2.24, 2.45) is 0 Å². The lowest BCUT2D eigenvalue weighted by Crippen LogP contribution is -2.50. The lowest BCUT2D eigenvalue weighted by molar-refractivity contribution is -0.384. The molecule has 1 aliphatic rings. The summed E-state index contributed by atoms with van der Waals surface area (Å²) >= 11 is 0. The van der Waals surface area contributed by atoms with Crippen LogP contribution in [0.15, 0.2) is 36.4 Å². The van der Waals surface area contributed by atoms with Crippen LogP contribution >= 0.6 is 0 Å². The lowest BCUT2D eigenvalue weighted by Gasteiger charge is -2.35. The van der Waals surface area contributed by atoms with Crippen LogP contribution in [0.25, 0.3) is 0 Å². The molecule has 0 aromatic heterocycles. The average Bonchev–Trinajstić information content (AvgIpc) is 2.74. The summed E-state index contributed by atoms with van der Waals surface area (Å²) in [5.74, 6) is -1.07. The molecule has 2 aromatic rings. The summed E-state index contributed by atoms with van der Waals surface area (Å²) < 4.78 is 18.8. The summed E-state index contributed by atoms with van der Waals surface area (Å²) in [6, 6.07) is 8.26. The number of hydrogen-bond acceptors (Lipinski definition) is 6. The number of benzene rings is 2. The standard InChI is InChI=1S/C19H19FN4O5/c1-29-14-4-2-12(3-5-14)18(25)22-6-8-23(9-7-22)19(26)15-10-13(20)11-16(17(15)21)24(27)28/h2-5,10-11H,6-9,21H2,1H3. The Morgan fingerprint density at radius 1 is 1.07 bits per heavy atom. The maximum Gasteiger partial charge on any atom is 0.295 e. The minimum atomic E-state index is -0.914. The van der Waals surface area contributed by atoms with Crippen molar-refractivity contribution in [2.75, 3.05) is 39.0 Å². The van der Waals surface area contributed by atoms with Gasteiger partial charge in [-0.05, 0) is 30.3 Å². The van der Waals surface area contributed by atoms with E-state index in [0.717, 1.165) is 6.07 Å². The Balaban J connectivity index is 1.70. The minimum absolute atomic E-state index is 0.180. The number of rotatable bonds is 4. The molecule has 10 heteroatoms. The van der Waals surface area contributed by atoms with Crippen LogP contribution in [0.2, 0.25) is 0 Å². The second-order valence-electron chi connectivity index (χ2n) is 6.46. The number of halogens is 1. The third-order valence-electron chi connectivity index (χ3n) is 4.74. The Hall–Kier alpha value is -3.69. The number of nitro groups is 1. The molecule has 0 radical (unpaired) electrons. The maximum absolute atomic E-state index is 13.7. The number of nitrogens with two attached hydrogens (primary N) is 1. The fourth-order valence-corrected chi connectivity index (χ4v) is 3.13. The van der Waals surface area contributed by atoms with E-state index in [0.29, 0.717) is 17.4 Å². The first kappa shape index (κ1) is 20.1. The molecule has 0 bridgehead atoms. The zero-order valence-electron chi connectivity index (χ0n) is 15.6. The number of methoxy groups -OCH3 is 1. The van der Waals surface area contributed by atoms with E-state index in [1.807, 2.05) is 0 Å². The summed E-state index contributed by atoms with van der Waals surface area (Å²) in [6.45, 7) is 0.941. The van der Waals surface area contributed by atoms with Gasteiger partial charge >= 0.3 is 0 Å². The van der Waals surface area contributed by atoms with Gasteiger partial charge in [0.2, 0.25) is 0 Å². The predicted octanol–water partition coefficient (Wildman–Crippen LogP) is 1.92. The molecule has 0 saturated carbocycles. The van der Waals surface area contributed by atoms with Gasteiger partial charge in [-0.15, -0.1) is 0 Å². The smallest absolute Gasteiger partial charge is 0.295 e. The van der Waals surface area contributed by atoms with Crippen LogP contribution in [0.1, 0.15) is 20.7 Å². The van der Waals surface area contributed by atoms with Crippen LogP contribution < -0.4 is 10.5 Å². The second-order valence-corrected chi connectivity index (χ2v) is 6.46. The number of carbonyl (C=O) groups excluding carboxylic acids is 2. The molecular weight excluding hydrogens is 383 g/mol. The van der Waals surface area contributed by atoms with Gasteiger partial charge in [-0.3, -0.25) is 19.7 Å². The van der Waals surface area contributed by atoms with E-state index >= 15 is 0 Å². The maximum atomic E-state index is 13.7. The molecule has 29 heavy (non-hydrogen) atoms. The monoisotopic (exact) mass is 402 g/mol. The van der Waals surface area contributed by atoms with Gasteiger partial charge in [0, 0.05) is 31.7 Å². The fraction of sp³-hybridized carbons (Fsp3) is 0.263. The number of amides is 2. The zero-order valence-corrected chi connectivity index (χ0v) is 15.6. The van der Waals surface area contributed by atoms with Crippen LogP contribution in [-0.2, 0) is 0 Å². The topological polar surface area (TPSA) is 119 Å². The highest BCUT2D eigenvalue weighted by Crippen LogP contribution is 2.28. The lowest BCUT2D eigenvalue weighted by atomic mass is 10.1. The van der Waals surface area contributed by atoms with Crippen molar-refractivity contribution in [3.05, 3.63) is 63.5 Å². The third kappa shape index (κ3) is 4.10. The summed E-state index contributed by atoms with van der Waals surface area (Å²) in [4.78, 5) is 38.5. The minimum Gasteiger partial charge on any atom is -0.497 e. The molecule has 0 spiro atoms. The second kappa shape index (κ2) is 8.13. The van der Waals surface area contributed by atoms with Crippen molar-refractivity contribution in [1.29, 1.82) is 0 Å². The molecule has 2 amide bonds. The number of nitrogens with zero attached hydrogens (tertiary/aromatic N) is 3. The summed E-state index contributed by atoms with van der Waals surface area (Å²) in [5, 5.41) is 11.0. The van der Waals surface area contributed by atoms with E-state index in [-0.39, 0.29) is 43.3 Å². The van der Waals surface area contributed by atoms with Crippen molar-refractivity contribution in [2.45, 2.75) is 0 Å². The van der Waals surface area contributed by atoms with Gasteiger partial charge in [0.25, 0.3) is 17.5 Å². The Bertz CT molecular complexity index is 956. The number of anilines is 1. The normalized spacial score (nSPS) is 13.9. The van der Waals surface area contributed by atoms with Crippen molar-refractivity contribution >= 4 is 23.2 Å². The van der Waals surface area contributed by atoms with Crippen LogP contribution in [0.4, 0.5) is 15.8 Å². The summed E-state index contributed by atoms with van der Waals surface area (Å²) in [5.41, 5.74) is 4.92. The predicted molar refractivity (Wildman–Crippen MR) is 102 cm³/mol. The molecule has 152 valence electrons. The van der Waals surface area contributed by atoms with E-state index in [1.165, 1.54) is 12.0 Å². The molecule has 1 saturated heterocycles. The van der Waals surface area contributed by atoms with E-state index in [1.54, 1.807) is 29.2 Å². The van der Waals surface area contributed by atoms with Gasteiger partial charge in [0.05, 0.1) is 23.7 Å². The highest BCUT2D eigenvalue weighted by atomic mass is 19.1. The van der Waals surface area contributed by atoms with Crippen molar-refractivity contribution < 1.29 is 23.6 Å². The first-order chi connectivity index (χ1) is 13.8. The molecule has 0 unspecified atom stereocenters. The van der Waals surface area contributed by atoms with Gasteiger partial charge in [-0.2, -0.15) is 0 Å². The van der Waals surface area contributed by atoms with Gasteiger partial charge in [-0.1, -0.05) is 0 Å². The van der Waals surface area contributed by atoms with Crippen LogP contribution in [-0.4, -0.2) is 59.8 Å². The summed E-state index contributed by atoms with van der Waals surface area (Å²) in [7, 11) is 1.53. The quantitative estimate of drug-likeness (QED) is 0.474. The SMILES string of the molecule is COc1ccc(C(=O)N2CCN(C(=O)c3cc(F)cc([N+](=O)[O-])c3N)CC2)cc1. The zero-order chi connectivity index (χ0) is 21.1. The van der Waals surface area contributed by atoms with E-state index in [9.17, 15) is 24.1 Å². The molecule has 2 N–H and O–H groups in total. The molecule has 1 aliphatic heterocycles. The van der Waals surface area contributed by atoms with Crippen LogP contribution in [0.3, 0.4) is 0 Å². The number of carbonyl (C=O) groups is 2. The highest BCUT2D eigenvalue weighted by Gasteiger charge is 2.29. The van der Waals surface area contributed by atoms with E-state index in [2.05, 4.69) is 0 Å². The Morgan fingerprint density at radius 2 is 1.62 bits per heavy atom. The number of hydrogen-bond donors (Lipinski definition) is 1. The number of ether oxygens (including phenoxy) is 1. The fourth-order valence-electron chi connectivity index (χ4n) is 3.13. The van der Waals surface area contributed by atoms with Gasteiger partial charge in [0.1, 0.15) is 17.3 Å². The van der Waals surface area contributed by atoms with Crippen molar-refractivity contribution in [3.8, 4) is 5.75 Å².